The van der Waals surface area contributed by atoms with Crippen molar-refractivity contribution in [3.8, 4) is 0 Å². The van der Waals surface area contributed by atoms with Crippen LogP contribution in [0.3, 0.4) is 0 Å². The van der Waals surface area contributed by atoms with Crippen LogP contribution < -0.4 is 0 Å². The topological polar surface area (TPSA) is 32.5 Å². The fraction of sp³-hybridized carbons (Fsp3) is 0.786. The lowest BCUT2D eigenvalue weighted by Crippen LogP contribution is -2.29. The standard InChI is InChI=1S/C14H21N3O/c1-10-4-14(18-15-10)9-16-5-11-7-17(13-2-3-13)8-12(11)6-16/h4,11-13H,2-3,5-9H2,1H3. The van der Waals surface area contributed by atoms with Crippen LogP contribution in [0.1, 0.15) is 24.3 Å². The Morgan fingerprint density at radius 2 is 1.94 bits per heavy atom. The van der Waals surface area contributed by atoms with E-state index in [-0.39, 0.29) is 0 Å². The molecule has 4 heteroatoms. The average Bonchev–Trinajstić information content (AvgIpc) is 2.84. The maximum absolute atomic E-state index is 5.32. The van der Waals surface area contributed by atoms with Crippen molar-refractivity contribution >= 4 is 0 Å². The van der Waals surface area contributed by atoms with Gasteiger partial charge in [0.2, 0.25) is 0 Å². The second-order valence-electron chi connectivity index (χ2n) is 6.33. The molecule has 4 rings (SSSR count). The molecule has 0 amide bonds. The molecule has 3 heterocycles. The molecule has 18 heavy (non-hydrogen) atoms. The summed E-state index contributed by atoms with van der Waals surface area (Å²) in [5.74, 6) is 2.82. The highest BCUT2D eigenvalue weighted by Gasteiger charge is 2.44. The van der Waals surface area contributed by atoms with E-state index >= 15 is 0 Å². The fourth-order valence-corrected chi connectivity index (χ4v) is 3.70. The van der Waals surface area contributed by atoms with Gasteiger partial charge in [0.25, 0.3) is 0 Å². The van der Waals surface area contributed by atoms with Crippen molar-refractivity contribution in [3.05, 3.63) is 17.5 Å². The summed E-state index contributed by atoms with van der Waals surface area (Å²) in [5.41, 5.74) is 0.990. The smallest absolute Gasteiger partial charge is 0.150 e. The molecule has 0 aromatic carbocycles. The van der Waals surface area contributed by atoms with Crippen LogP contribution in [0, 0.1) is 18.8 Å². The third-order valence-corrected chi connectivity index (χ3v) is 4.71. The molecule has 0 bridgehead atoms. The lowest BCUT2D eigenvalue weighted by Gasteiger charge is -2.19. The maximum atomic E-state index is 5.32. The van der Waals surface area contributed by atoms with E-state index in [1.165, 1.54) is 39.0 Å². The molecule has 0 spiro atoms. The number of nitrogens with zero attached hydrogens (tertiary/aromatic N) is 3. The van der Waals surface area contributed by atoms with Crippen molar-refractivity contribution in [2.24, 2.45) is 11.8 Å². The largest absolute Gasteiger partial charge is 0.360 e. The molecule has 98 valence electrons. The van der Waals surface area contributed by atoms with Crippen molar-refractivity contribution in [2.75, 3.05) is 26.2 Å². The van der Waals surface area contributed by atoms with E-state index in [9.17, 15) is 0 Å². The molecule has 3 aliphatic rings. The quantitative estimate of drug-likeness (QED) is 0.810. The summed E-state index contributed by atoms with van der Waals surface area (Å²) in [5, 5.41) is 3.96. The van der Waals surface area contributed by atoms with Crippen molar-refractivity contribution in [2.45, 2.75) is 32.4 Å². The van der Waals surface area contributed by atoms with Gasteiger partial charge in [-0.05, 0) is 31.6 Å². The third kappa shape index (κ3) is 1.97. The summed E-state index contributed by atoms with van der Waals surface area (Å²) in [6.45, 7) is 8.08. The maximum Gasteiger partial charge on any atom is 0.150 e. The van der Waals surface area contributed by atoms with Gasteiger partial charge in [0.05, 0.1) is 12.2 Å². The Morgan fingerprint density at radius 3 is 2.50 bits per heavy atom. The minimum absolute atomic E-state index is 0.898. The first-order valence-corrected chi connectivity index (χ1v) is 7.16. The van der Waals surface area contributed by atoms with E-state index < -0.39 is 0 Å². The first kappa shape index (κ1) is 11.0. The van der Waals surface area contributed by atoms with E-state index in [1.807, 2.05) is 6.92 Å². The van der Waals surface area contributed by atoms with Crippen LogP contribution in [0.4, 0.5) is 0 Å². The van der Waals surface area contributed by atoms with Crippen molar-refractivity contribution < 1.29 is 4.52 Å². The number of rotatable bonds is 3. The monoisotopic (exact) mass is 247 g/mol. The second-order valence-corrected chi connectivity index (χ2v) is 6.33. The molecular formula is C14H21N3O. The van der Waals surface area contributed by atoms with Crippen LogP contribution in [0.2, 0.25) is 0 Å². The van der Waals surface area contributed by atoms with Gasteiger partial charge in [0, 0.05) is 38.3 Å². The second kappa shape index (κ2) is 4.07. The number of hydrogen-bond acceptors (Lipinski definition) is 4. The molecule has 3 fully saturated rings. The summed E-state index contributed by atoms with van der Waals surface area (Å²) < 4.78 is 5.32. The summed E-state index contributed by atoms with van der Waals surface area (Å²) >= 11 is 0. The Morgan fingerprint density at radius 1 is 1.22 bits per heavy atom. The molecule has 1 saturated carbocycles. The zero-order chi connectivity index (χ0) is 12.1. The Kier molecular flexibility index (Phi) is 2.49. The van der Waals surface area contributed by atoms with E-state index in [4.69, 9.17) is 4.52 Å². The Hall–Kier alpha value is -0.870. The first-order chi connectivity index (χ1) is 8.78. The molecule has 2 atom stereocenters. The van der Waals surface area contributed by atoms with Crippen LogP contribution in [0.15, 0.2) is 10.6 Å². The number of aromatic nitrogens is 1. The molecule has 2 aliphatic heterocycles. The first-order valence-electron chi connectivity index (χ1n) is 7.16. The van der Waals surface area contributed by atoms with E-state index in [0.717, 1.165) is 35.9 Å². The van der Waals surface area contributed by atoms with Gasteiger partial charge in [0.15, 0.2) is 5.76 Å². The van der Waals surface area contributed by atoms with Gasteiger partial charge in [-0.3, -0.25) is 9.80 Å². The van der Waals surface area contributed by atoms with Gasteiger partial charge in [0.1, 0.15) is 0 Å². The molecule has 2 saturated heterocycles. The number of fused-ring (bicyclic) bond motifs is 1. The van der Waals surface area contributed by atoms with Crippen molar-refractivity contribution in [1.82, 2.24) is 15.0 Å². The predicted molar refractivity (Wildman–Crippen MR) is 68.1 cm³/mol. The van der Waals surface area contributed by atoms with Gasteiger partial charge < -0.3 is 4.52 Å². The summed E-state index contributed by atoms with van der Waals surface area (Å²) in [6.07, 6.45) is 2.89. The summed E-state index contributed by atoms with van der Waals surface area (Å²) in [6, 6.07) is 3.01. The molecule has 4 nitrogen and oxygen atoms in total. The van der Waals surface area contributed by atoms with Crippen molar-refractivity contribution in [3.63, 3.8) is 0 Å². The molecule has 1 aromatic rings. The SMILES string of the molecule is Cc1cc(CN2CC3CN(C4CC4)CC3C2)on1. The molecule has 1 aliphatic carbocycles. The highest BCUT2D eigenvalue weighted by molar-refractivity contribution is 5.04. The van der Waals surface area contributed by atoms with E-state index in [0.29, 0.717) is 0 Å². The van der Waals surface area contributed by atoms with Crippen molar-refractivity contribution in [1.29, 1.82) is 0 Å². The van der Waals surface area contributed by atoms with Gasteiger partial charge in [-0.1, -0.05) is 5.16 Å². The Balaban J connectivity index is 1.35. The molecule has 0 N–H and O–H groups in total. The zero-order valence-electron chi connectivity index (χ0n) is 11.0. The molecule has 0 radical (unpaired) electrons. The van der Waals surface area contributed by atoms with Gasteiger partial charge in [-0.15, -0.1) is 0 Å². The normalized spacial score (nSPS) is 33.2. The summed E-state index contributed by atoms with van der Waals surface area (Å²) in [4.78, 5) is 5.27. The van der Waals surface area contributed by atoms with Crippen LogP contribution in [-0.4, -0.2) is 47.2 Å². The third-order valence-electron chi connectivity index (χ3n) is 4.71. The summed E-state index contributed by atoms with van der Waals surface area (Å²) in [7, 11) is 0. The van der Waals surface area contributed by atoms with Crippen LogP contribution >= 0.6 is 0 Å². The Bertz CT molecular complexity index is 426. The molecule has 2 unspecified atom stereocenters. The average molecular weight is 247 g/mol. The predicted octanol–water partition coefficient (Wildman–Crippen LogP) is 1.51. The lowest BCUT2D eigenvalue weighted by atomic mass is 10.0. The highest BCUT2D eigenvalue weighted by atomic mass is 16.5. The zero-order valence-corrected chi connectivity index (χ0v) is 11.0. The Labute approximate surface area is 108 Å². The van der Waals surface area contributed by atoms with Crippen LogP contribution in [0.5, 0.6) is 0 Å². The van der Waals surface area contributed by atoms with Gasteiger partial charge in [-0.2, -0.15) is 0 Å². The van der Waals surface area contributed by atoms with Gasteiger partial charge >= 0.3 is 0 Å². The number of aryl methyl sites for hydroxylation is 1. The van der Waals surface area contributed by atoms with E-state index in [2.05, 4.69) is 21.0 Å². The number of likely N-dealkylation sites (tertiary alicyclic amines) is 2. The molecule has 1 aromatic heterocycles. The highest BCUT2D eigenvalue weighted by Crippen LogP contribution is 2.38. The van der Waals surface area contributed by atoms with E-state index in [1.54, 1.807) is 0 Å². The minimum atomic E-state index is 0.898. The number of hydrogen-bond donors (Lipinski definition) is 0. The molecular weight excluding hydrogens is 226 g/mol. The van der Waals surface area contributed by atoms with Gasteiger partial charge in [-0.25, -0.2) is 0 Å². The lowest BCUT2D eigenvalue weighted by molar-refractivity contribution is 0.226. The fourth-order valence-electron chi connectivity index (χ4n) is 3.70. The minimum Gasteiger partial charge on any atom is -0.360 e. The van der Waals surface area contributed by atoms with Crippen LogP contribution in [0.25, 0.3) is 0 Å². The van der Waals surface area contributed by atoms with Crippen LogP contribution in [-0.2, 0) is 6.54 Å².